The van der Waals surface area contributed by atoms with Crippen LogP contribution in [-0.2, 0) is 9.05 Å². The first kappa shape index (κ1) is 13.3. The van der Waals surface area contributed by atoms with Crippen LogP contribution in [0.5, 0.6) is 5.75 Å². The number of hydrogen-bond donors (Lipinski definition) is 1. The number of aromatic amines is 1. The molecular weight excluding hydrogens is 346 g/mol. The predicted molar refractivity (Wildman–Crippen MR) is 69.1 cm³/mol. The lowest BCUT2D eigenvalue weighted by Gasteiger charge is -2.03. The minimum absolute atomic E-state index is 0.234. The molecule has 0 saturated carbocycles. The van der Waals surface area contributed by atoms with Crippen LogP contribution < -0.4 is 4.74 Å². The highest BCUT2D eigenvalue weighted by Gasteiger charge is 2.17. The average Bonchev–Trinajstić information content (AvgIpc) is 2.77. The lowest BCUT2D eigenvalue weighted by molar-refractivity contribution is 0.412. The Hall–Kier alpha value is -1.12. The van der Waals surface area contributed by atoms with E-state index in [0.717, 1.165) is 0 Å². The summed E-state index contributed by atoms with van der Waals surface area (Å²) in [5.41, 5.74) is 0.630. The van der Waals surface area contributed by atoms with Crippen LogP contribution in [0, 0.1) is 0 Å². The van der Waals surface area contributed by atoms with Crippen molar-refractivity contribution < 1.29 is 13.2 Å². The van der Waals surface area contributed by atoms with E-state index in [1.165, 1.54) is 0 Å². The van der Waals surface area contributed by atoms with E-state index < -0.39 is 9.05 Å². The molecule has 1 N–H and O–H groups in total. The monoisotopic (exact) mass is 351 g/mol. The largest absolute Gasteiger partial charge is 0.496 e. The number of ether oxygens (including phenoxy) is 1. The molecule has 0 aliphatic carbocycles. The molecule has 0 bridgehead atoms. The zero-order valence-electron chi connectivity index (χ0n) is 9.02. The fourth-order valence-electron chi connectivity index (χ4n) is 1.29. The van der Waals surface area contributed by atoms with Crippen molar-refractivity contribution in [2.24, 2.45) is 0 Å². The summed E-state index contributed by atoms with van der Waals surface area (Å²) in [5, 5.41) is 5.67. The maximum Gasteiger partial charge on any atom is 0.296 e. The van der Waals surface area contributed by atoms with E-state index in [-0.39, 0.29) is 11.0 Å². The van der Waals surface area contributed by atoms with Gasteiger partial charge in [-0.05, 0) is 34.1 Å². The molecule has 0 fully saturated rings. The van der Waals surface area contributed by atoms with E-state index in [0.29, 0.717) is 15.8 Å². The van der Waals surface area contributed by atoms with Crippen LogP contribution in [0.1, 0.15) is 0 Å². The SMILES string of the molecule is COc1ccc(-c2n[nH]c(S(=O)(=O)Cl)n2)cc1Br. The van der Waals surface area contributed by atoms with Gasteiger partial charge in [0.05, 0.1) is 11.6 Å². The zero-order valence-corrected chi connectivity index (χ0v) is 12.2. The summed E-state index contributed by atoms with van der Waals surface area (Å²) in [6, 6.07) is 5.13. The molecule has 2 aromatic rings. The van der Waals surface area contributed by atoms with Crippen LogP contribution in [0.2, 0.25) is 0 Å². The van der Waals surface area contributed by atoms with Crippen molar-refractivity contribution in [1.29, 1.82) is 0 Å². The van der Waals surface area contributed by atoms with Crippen LogP contribution in [0.25, 0.3) is 11.4 Å². The van der Waals surface area contributed by atoms with Crippen molar-refractivity contribution >= 4 is 35.7 Å². The Kier molecular flexibility index (Phi) is 3.60. The normalized spacial score (nSPS) is 11.5. The highest BCUT2D eigenvalue weighted by Crippen LogP contribution is 2.29. The minimum atomic E-state index is -3.91. The van der Waals surface area contributed by atoms with E-state index in [1.54, 1.807) is 25.3 Å². The lowest BCUT2D eigenvalue weighted by atomic mass is 10.2. The summed E-state index contributed by atoms with van der Waals surface area (Å²) in [6.45, 7) is 0. The Bertz CT molecular complexity index is 686. The van der Waals surface area contributed by atoms with Crippen LogP contribution in [0.4, 0.5) is 0 Å². The summed E-state index contributed by atoms with van der Waals surface area (Å²) in [5.74, 6) is 0.886. The van der Waals surface area contributed by atoms with Crippen molar-refractivity contribution in [2.75, 3.05) is 7.11 Å². The molecule has 0 atom stereocenters. The summed E-state index contributed by atoms with van der Waals surface area (Å²) in [4.78, 5) is 3.80. The highest BCUT2D eigenvalue weighted by molar-refractivity contribution is 9.10. The molecule has 0 radical (unpaired) electrons. The van der Waals surface area contributed by atoms with Crippen LogP contribution in [0.15, 0.2) is 27.8 Å². The third-order valence-electron chi connectivity index (χ3n) is 2.11. The number of H-pyrrole nitrogens is 1. The van der Waals surface area contributed by atoms with Gasteiger partial charge in [0.2, 0.25) is 0 Å². The smallest absolute Gasteiger partial charge is 0.296 e. The summed E-state index contributed by atoms with van der Waals surface area (Å²) in [7, 11) is 2.79. The molecule has 0 amide bonds. The number of nitrogens with one attached hydrogen (secondary N) is 1. The highest BCUT2D eigenvalue weighted by atomic mass is 79.9. The molecule has 2 rings (SSSR count). The molecule has 0 aliphatic rings. The average molecular weight is 353 g/mol. The topological polar surface area (TPSA) is 84.9 Å². The molecule has 1 aromatic carbocycles. The Morgan fingerprint density at radius 3 is 2.67 bits per heavy atom. The minimum Gasteiger partial charge on any atom is -0.496 e. The standard InChI is InChI=1S/C9H7BrClN3O3S/c1-17-7-3-2-5(4-6(7)10)8-12-9(14-13-8)18(11,15)16/h2-4H,1H3,(H,12,13,14). The molecule has 9 heteroatoms. The van der Waals surface area contributed by atoms with E-state index in [9.17, 15) is 8.42 Å². The first-order chi connectivity index (χ1) is 8.41. The van der Waals surface area contributed by atoms with Crippen molar-refractivity contribution in [1.82, 2.24) is 15.2 Å². The Labute approximate surface area is 116 Å². The molecule has 0 aliphatic heterocycles. The number of rotatable bonds is 3. The molecule has 18 heavy (non-hydrogen) atoms. The van der Waals surface area contributed by atoms with E-state index in [2.05, 4.69) is 31.1 Å². The predicted octanol–water partition coefficient (Wildman–Crippen LogP) is 2.17. The first-order valence-corrected chi connectivity index (χ1v) is 7.73. The molecule has 1 heterocycles. The molecular formula is C9H7BrClN3O3S. The van der Waals surface area contributed by atoms with Gasteiger partial charge in [0, 0.05) is 16.2 Å². The summed E-state index contributed by atoms with van der Waals surface area (Å²) < 4.78 is 27.9. The van der Waals surface area contributed by atoms with Crippen LogP contribution in [0.3, 0.4) is 0 Å². The van der Waals surface area contributed by atoms with E-state index >= 15 is 0 Å². The molecule has 0 saturated heterocycles. The first-order valence-electron chi connectivity index (χ1n) is 4.63. The van der Waals surface area contributed by atoms with Gasteiger partial charge in [-0.25, -0.2) is 13.5 Å². The molecule has 0 spiro atoms. The zero-order chi connectivity index (χ0) is 13.3. The second kappa shape index (κ2) is 4.87. The molecule has 96 valence electrons. The number of hydrogen-bond acceptors (Lipinski definition) is 5. The lowest BCUT2D eigenvalue weighted by Crippen LogP contribution is -1.92. The fourth-order valence-corrected chi connectivity index (χ4v) is 2.39. The van der Waals surface area contributed by atoms with Gasteiger partial charge in [0.25, 0.3) is 14.2 Å². The van der Waals surface area contributed by atoms with Crippen molar-refractivity contribution in [2.45, 2.75) is 5.16 Å². The fraction of sp³-hybridized carbons (Fsp3) is 0.111. The van der Waals surface area contributed by atoms with Crippen LogP contribution in [-0.4, -0.2) is 30.7 Å². The van der Waals surface area contributed by atoms with Gasteiger partial charge in [0.1, 0.15) is 5.75 Å². The van der Waals surface area contributed by atoms with Gasteiger partial charge in [-0.3, -0.25) is 0 Å². The van der Waals surface area contributed by atoms with Gasteiger partial charge in [-0.1, -0.05) is 0 Å². The number of halogens is 2. The van der Waals surface area contributed by atoms with Gasteiger partial charge >= 0.3 is 0 Å². The third kappa shape index (κ3) is 2.65. The van der Waals surface area contributed by atoms with Crippen molar-refractivity contribution in [3.8, 4) is 17.1 Å². The summed E-state index contributed by atoms with van der Waals surface area (Å²) >= 11 is 3.32. The Morgan fingerprint density at radius 1 is 1.44 bits per heavy atom. The third-order valence-corrected chi connectivity index (χ3v) is 3.81. The summed E-state index contributed by atoms with van der Waals surface area (Å²) in [6.07, 6.45) is 0. The Balaban J connectivity index is 2.44. The second-order valence-electron chi connectivity index (χ2n) is 3.25. The molecule has 0 unspecified atom stereocenters. The number of methoxy groups -OCH3 is 1. The van der Waals surface area contributed by atoms with Crippen molar-refractivity contribution in [3.05, 3.63) is 22.7 Å². The molecule has 6 nitrogen and oxygen atoms in total. The molecule has 1 aromatic heterocycles. The number of aromatic nitrogens is 3. The maximum atomic E-state index is 11.0. The Morgan fingerprint density at radius 2 is 2.17 bits per heavy atom. The van der Waals surface area contributed by atoms with Gasteiger partial charge in [-0.2, -0.15) is 10.1 Å². The van der Waals surface area contributed by atoms with E-state index in [1.807, 2.05) is 0 Å². The van der Waals surface area contributed by atoms with Gasteiger partial charge in [0.15, 0.2) is 5.82 Å². The maximum absolute atomic E-state index is 11.0. The quantitative estimate of drug-likeness (QED) is 0.856. The number of benzene rings is 1. The van der Waals surface area contributed by atoms with Crippen molar-refractivity contribution in [3.63, 3.8) is 0 Å². The van der Waals surface area contributed by atoms with E-state index in [4.69, 9.17) is 15.4 Å². The second-order valence-corrected chi connectivity index (χ2v) is 6.59. The van der Waals surface area contributed by atoms with Gasteiger partial charge < -0.3 is 4.74 Å². The number of nitrogens with zero attached hydrogens (tertiary/aromatic N) is 2. The van der Waals surface area contributed by atoms with Crippen LogP contribution >= 0.6 is 26.6 Å². The van der Waals surface area contributed by atoms with Gasteiger partial charge in [-0.15, -0.1) is 0 Å².